The number of carboxylic acids is 1. The zero-order valence-electron chi connectivity index (χ0n) is 4.85. The van der Waals surface area contributed by atoms with Gasteiger partial charge in [-0.25, -0.2) is 4.79 Å². The Morgan fingerprint density at radius 1 is 1.67 bits per heavy atom. The minimum absolute atomic E-state index is 0.536. The molecule has 0 aliphatic heterocycles. The fourth-order valence-electron chi connectivity index (χ4n) is 0.293. The van der Waals surface area contributed by atoms with Crippen LogP contribution in [-0.2, 0) is 4.79 Å². The first-order valence-corrected chi connectivity index (χ1v) is 3.08. The zero-order chi connectivity index (χ0) is 7.11. The van der Waals surface area contributed by atoms with E-state index in [4.69, 9.17) is 16.7 Å². The SMILES string of the molecule is O=C(O)C#CCCCCl. The largest absolute Gasteiger partial charge is 0.472 e. The Balaban J connectivity index is 3.27. The Hall–Kier alpha value is -0.680. The highest BCUT2D eigenvalue weighted by Crippen LogP contribution is 1.87. The van der Waals surface area contributed by atoms with Crippen LogP contribution in [0, 0.1) is 11.8 Å². The molecule has 0 spiro atoms. The van der Waals surface area contributed by atoms with Gasteiger partial charge in [0.25, 0.3) is 0 Å². The Morgan fingerprint density at radius 2 is 2.33 bits per heavy atom. The van der Waals surface area contributed by atoms with Crippen molar-refractivity contribution in [2.24, 2.45) is 0 Å². The van der Waals surface area contributed by atoms with Crippen molar-refractivity contribution in [2.75, 3.05) is 5.88 Å². The van der Waals surface area contributed by atoms with E-state index in [0.717, 1.165) is 6.42 Å². The molecule has 0 saturated carbocycles. The number of hydrogen-bond donors (Lipinski definition) is 1. The summed E-state index contributed by atoms with van der Waals surface area (Å²) in [7, 11) is 0. The second kappa shape index (κ2) is 5.46. The van der Waals surface area contributed by atoms with Gasteiger partial charge in [0, 0.05) is 18.2 Å². The van der Waals surface area contributed by atoms with Crippen LogP contribution in [0.5, 0.6) is 0 Å². The predicted octanol–water partition coefficient (Wildman–Crippen LogP) is 1.09. The molecule has 9 heavy (non-hydrogen) atoms. The lowest BCUT2D eigenvalue weighted by Crippen LogP contribution is -1.86. The Bertz CT molecular complexity index is 143. The van der Waals surface area contributed by atoms with Crippen molar-refractivity contribution in [3.63, 3.8) is 0 Å². The van der Waals surface area contributed by atoms with E-state index in [9.17, 15) is 4.79 Å². The number of alkyl halides is 1. The first kappa shape index (κ1) is 8.32. The molecule has 0 heterocycles. The van der Waals surface area contributed by atoms with Gasteiger partial charge in [-0.2, -0.15) is 0 Å². The molecule has 0 aliphatic carbocycles. The number of carbonyl (C=O) groups is 1. The fourth-order valence-corrected chi connectivity index (χ4v) is 0.427. The summed E-state index contributed by atoms with van der Waals surface area (Å²) in [4.78, 5) is 9.76. The van der Waals surface area contributed by atoms with E-state index in [1.807, 2.05) is 5.92 Å². The summed E-state index contributed by atoms with van der Waals surface area (Å²) in [6.07, 6.45) is 1.32. The van der Waals surface area contributed by atoms with Crippen molar-refractivity contribution < 1.29 is 9.90 Å². The number of carboxylic acid groups (broad SMARTS) is 1. The van der Waals surface area contributed by atoms with Crippen LogP contribution in [0.1, 0.15) is 12.8 Å². The molecule has 2 nitrogen and oxygen atoms in total. The molecule has 0 unspecified atom stereocenters. The standard InChI is InChI=1S/C6H7ClO2/c7-5-3-1-2-4-6(8)9/h1,3,5H2,(H,8,9). The second-order valence-corrected chi connectivity index (χ2v) is 1.78. The van der Waals surface area contributed by atoms with Gasteiger partial charge in [0.05, 0.1) is 0 Å². The third-order valence-electron chi connectivity index (χ3n) is 0.631. The van der Waals surface area contributed by atoms with E-state index >= 15 is 0 Å². The van der Waals surface area contributed by atoms with E-state index in [1.54, 1.807) is 0 Å². The van der Waals surface area contributed by atoms with Gasteiger partial charge in [-0.05, 0) is 6.42 Å². The van der Waals surface area contributed by atoms with Gasteiger partial charge in [0.1, 0.15) is 0 Å². The normalized spacial score (nSPS) is 7.67. The van der Waals surface area contributed by atoms with Gasteiger partial charge in [-0.1, -0.05) is 5.92 Å². The number of rotatable bonds is 2. The molecule has 0 bridgehead atoms. The van der Waals surface area contributed by atoms with Crippen molar-refractivity contribution in [2.45, 2.75) is 12.8 Å². The lowest BCUT2D eigenvalue weighted by Gasteiger charge is -1.79. The monoisotopic (exact) mass is 146 g/mol. The van der Waals surface area contributed by atoms with E-state index in [0.29, 0.717) is 12.3 Å². The molecule has 0 aromatic rings. The van der Waals surface area contributed by atoms with Gasteiger partial charge in [-0.15, -0.1) is 11.6 Å². The number of unbranched alkanes of at least 4 members (excludes halogenated alkanes) is 1. The number of aliphatic carboxylic acids is 1. The second-order valence-electron chi connectivity index (χ2n) is 1.40. The van der Waals surface area contributed by atoms with E-state index in [2.05, 4.69) is 5.92 Å². The van der Waals surface area contributed by atoms with Crippen LogP contribution >= 0.6 is 11.6 Å². The quantitative estimate of drug-likeness (QED) is 0.360. The van der Waals surface area contributed by atoms with Crippen LogP contribution in [-0.4, -0.2) is 17.0 Å². The lowest BCUT2D eigenvalue weighted by atomic mass is 10.3. The highest BCUT2D eigenvalue weighted by atomic mass is 35.5. The Kier molecular flexibility index (Phi) is 5.04. The average Bonchev–Trinajstić information content (AvgIpc) is 1.80. The maximum absolute atomic E-state index is 9.76. The van der Waals surface area contributed by atoms with Crippen LogP contribution in [0.3, 0.4) is 0 Å². The summed E-state index contributed by atoms with van der Waals surface area (Å²) in [6.45, 7) is 0. The summed E-state index contributed by atoms with van der Waals surface area (Å²) in [6, 6.07) is 0. The minimum Gasteiger partial charge on any atom is -0.472 e. The van der Waals surface area contributed by atoms with Crippen LogP contribution in [0.25, 0.3) is 0 Å². The summed E-state index contributed by atoms with van der Waals surface area (Å²) in [5.74, 6) is 3.90. The van der Waals surface area contributed by atoms with Gasteiger partial charge in [-0.3, -0.25) is 0 Å². The zero-order valence-corrected chi connectivity index (χ0v) is 5.61. The molecule has 0 fully saturated rings. The summed E-state index contributed by atoms with van der Waals surface area (Å²) >= 11 is 5.30. The smallest absolute Gasteiger partial charge is 0.381 e. The number of halogens is 1. The molecular formula is C6H7ClO2. The predicted molar refractivity (Wildman–Crippen MR) is 35.4 cm³/mol. The first-order valence-electron chi connectivity index (χ1n) is 2.55. The molecule has 0 aromatic carbocycles. The maximum atomic E-state index is 9.76. The molecule has 0 rings (SSSR count). The van der Waals surface area contributed by atoms with Gasteiger partial charge in [0.2, 0.25) is 0 Å². The summed E-state index contributed by atoms with van der Waals surface area (Å²) in [5.41, 5.74) is 0. The topological polar surface area (TPSA) is 37.3 Å². The summed E-state index contributed by atoms with van der Waals surface area (Å²) < 4.78 is 0. The molecule has 0 amide bonds. The van der Waals surface area contributed by atoms with E-state index < -0.39 is 5.97 Å². The molecule has 0 aromatic heterocycles. The van der Waals surface area contributed by atoms with Crippen molar-refractivity contribution in [1.29, 1.82) is 0 Å². The molecule has 3 heteroatoms. The third kappa shape index (κ3) is 7.32. The molecule has 1 N–H and O–H groups in total. The average molecular weight is 147 g/mol. The third-order valence-corrected chi connectivity index (χ3v) is 0.898. The van der Waals surface area contributed by atoms with Gasteiger partial charge >= 0.3 is 5.97 Å². The molecule has 0 saturated heterocycles. The van der Waals surface area contributed by atoms with Crippen LogP contribution in [0.15, 0.2) is 0 Å². The number of hydrogen-bond acceptors (Lipinski definition) is 1. The van der Waals surface area contributed by atoms with Crippen molar-refractivity contribution >= 4 is 17.6 Å². The Morgan fingerprint density at radius 3 is 2.78 bits per heavy atom. The van der Waals surface area contributed by atoms with E-state index in [1.165, 1.54) is 0 Å². The van der Waals surface area contributed by atoms with Crippen LogP contribution in [0.2, 0.25) is 0 Å². The molecule has 50 valence electrons. The van der Waals surface area contributed by atoms with Gasteiger partial charge < -0.3 is 5.11 Å². The van der Waals surface area contributed by atoms with Gasteiger partial charge in [0.15, 0.2) is 0 Å². The summed E-state index contributed by atoms with van der Waals surface area (Å²) in [5, 5.41) is 8.01. The molecule has 0 aliphatic rings. The molecular weight excluding hydrogens is 140 g/mol. The van der Waals surface area contributed by atoms with Crippen molar-refractivity contribution in [3.05, 3.63) is 0 Å². The van der Waals surface area contributed by atoms with Crippen LogP contribution in [0.4, 0.5) is 0 Å². The minimum atomic E-state index is -1.08. The highest BCUT2D eigenvalue weighted by molar-refractivity contribution is 6.17. The lowest BCUT2D eigenvalue weighted by molar-refractivity contribution is -0.130. The van der Waals surface area contributed by atoms with Crippen molar-refractivity contribution in [3.8, 4) is 11.8 Å². The first-order chi connectivity index (χ1) is 4.27. The molecule has 0 atom stereocenters. The fraction of sp³-hybridized carbons (Fsp3) is 0.500. The van der Waals surface area contributed by atoms with Crippen LogP contribution < -0.4 is 0 Å². The highest BCUT2D eigenvalue weighted by Gasteiger charge is 1.82. The Labute approximate surface area is 58.8 Å². The van der Waals surface area contributed by atoms with Crippen molar-refractivity contribution in [1.82, 2.24) is 0 Å². The maximum Gasteiger partial charge on any atom is 0.381 e. The molecule has 0 radical (unpaired) electrons. The van der Waals surface area contributed by atoms with E-state index in [-0.39, 0.29) is 0 Å².